The van der Waals surface area contributed by atoms with Gasteiger partial charge < -0.3 is 10.2 Å². The quantitative estimate of drug-likeness (QED) is 0.329. The summed E-state index contributed by atoms with van der Waals surface area (Å²) >= 11 is 1.75. The molecule has 4 nitrogen and oxygen atoms in total. The van der Waals surface area contributed by atoms with Gasteiger partial charge in [0.05, 0.1) is 0 Å². The molecule has 1 atom stereocenters. The van der Waals surface area contributed by atoms with Crippen molar-refractivity contribution in [1.29, 1.82) is 0 Å². The van der Waals surface area contributed by atoms with E-state index in [0.717, 1.165) is 16.9 Å². The predicted molar refractivity (Wildman–Crippen MR) is 146 cm³/mol. The van der Waals surface area contributed by atoms with Crippen LogP contribution in [0.1, 0.15) is 42.5 Å². The largest absolute Gasteiger partial charge is 0.352 e. The molecule has 3 aromatic rings. The van der Waals surface area contributed by atoms with Crippen molar-refractivity contribution in [3.63, 3.8) is 0 Å². The van der Waals surface area contributed by atoms with Crippen LogP contribution in [0.2, 0.25) is 0 Å². The molecule has 0 aliphatic rings. The van der Waals surface area contributed by atoms with Crippen LogP contribution in [0, 0.1) is 6.92 Å². The number of nitrogens with one attached hydrogen (secondary N) is 1. The Labute approximate surface area is 214 Å². The minimum Gasteiger partial charge on any atom is -0.352 e. The molecule has 35 heavy (non-hydrogen) atoms. The number of aryl methyl sites for hydroxylation is 1. The number of thioether (sulfide) groups is 1. The van der Waals surface area contributed by atoms with E-state index in [1.54, 1.807) is 16.7 Å². The summed E-state index contributed by atoms with van der Waals surface area (Å²) in [6.07, 6.45) is 0.873. The Morgan fingerprint density at radius 1 is 0.829 bits per heavy atom. The van der Waals surface area contributed by atoms with E-state index in [-0.39, 0.29) is 17.9 Å². The average molecular weight is 489 g/mol. The first kappa shape index (κ1) is 26.6. The highest BCUT2D eigenvalue weighted by Gasteiger charge is 2.30. The molecule has 1 unspecified atom stereocenters. The minimum atomic E-state index is -0.576. The summed E-state index contributed by atoms with van der Waals surface area (Å²) in [6.45, 7) is 6.35. The second-order valence-electron chi connectivity index (χ2n) is 9.16. The Hall–Kier alpha value is -3.05. The van der Waals surface area contributed by atoms with Gasteiger partial charge >= 0.3 is 0 Å². The first-order chi connectivity index (χ1) is 16.9. The van der Waals surface area contributed by atoms with Crippen LogP contribution >= 0.6 is 11.8 Å². The standard InChI is InChI=1S/C30H36N2O2S/c1-23(2)31-30(34)28(20-25-10-6-4-7-11-25)32(21-26-16-14-24(3)15-17-26)29(33)18-19-35-22-27-12-8-5-9-13-27/h4-17,23,28H,18-22H2,1-3H3,(H,31,34). The van der Waals surface area contributed by atoms with E-state index in [4.69, 9.17) is 0 Å². The van der Waals surface area contributed by atoms with Gasteiger partial charge in [0.1, 0.15) is 6.04 Å². The molecule has 0 fully saturated rings. The molecule has 0 aromatic heterocycles. The molecule has 0 radical (unpaired) electrons. The maximum atomic E-state index is 13.6. The molecular formula is C30H36N2O2S. The fourth-order valence-electron chi connectivity index (χ4n) is 3.89. The van der Waals surface area contributed by atoms with Crippen LogP contribution in [-0.2, 0) is 28.3 Å². The third-order valence-electron chi connectivity index (χ3n) is 5.75. The second-order valence-corrected chi connectivity index (χ2v) is 10.3. The zero-order chi connectivity index (χ0) is 25.0. The van der Waals surface area contributed by atoms with Gasteiger partial charge in [0.25, 0.3) is 0 Å². The van der Waals surface area contributed by atoms with E-state index < -0.39 is 6.04 Å². The molecule has 184 valence electrons. The van der Waals surface area contributed by atoms with Crippen LogP contribution in [0.4, 0.5) is 0 Å². The third-order valence-corrected chi connectivity index (χ3v) is 6.78. The molecule has 2 amide bonds. The Kier molecular flexibility index (Phi) is 10.4. The minimum absolute atomic E-state index is 0.00136. The van der Waals surface area contributed by atoms with Gasteiger partial charge in [-0.2, -0.15) is 11.8 Å². The van der Waals surface area contributed by atoms with Crippen LogP contribution in [-0.4, -0.2) is 34.6 Å². The smallest absolute Gasteiger partial charge is 0.243 e. The number of carbonyl (C=O) groups is 2. The number of nitrogens with zero attached hydrogens (tertiary/aromatic N) is 1. The fourth-order valence-corrected chi connectivity index (χ4v) is 4.78. The van der Waals surface area contributed by atoms with E-state index in [1.807, 2.05) is 93.6 Å². The van der Waals surface area contributed by atoms with Crippen molar-refractivity contribution in [2.75, 3.05) is 5.75 Å². The van der Waals surface area contributed by atoms with E-state index in [9.17, 15) is 9.59 Å². The lowest BCUT2D eigenvalue weighted by Crippen LogP contribution is -2.51. The highest BCUT2D eigenvalue weighted by Crippen LogP contribution is 2.19. The van der Waals surface area contributed by atoms with Gasteiger partial charge in [-0.1, -0.05) is 90.5 Å². The maximum absolute atomic E-state index is 13.6. The van der Waals surface area contributed by atoms with Crippen molar-refractivity contribution in [3.05, 3.63) is 107 Å². The number of rotatable bonds is 12. The van der Waals surface area contributed by atoms with E-state index in [2.05, 4.69) is 17.4 Å². The summed E-state index contributed by atoms with van der Waals surface area (Å²) in [5, 5.41) is 3.04. The zero-order valence-corrected chi connectivity index (χ0v) is 21.8. The number of carbonyl (C=O) groups excluding carboxylic acids is 2. The van der Waals surface area contributed by atoms with Crippen molar-refractivity contribution >= 4 is 23.6 Å². The zero-order valence-electron chi connectivity index (χ0n) is 20.9. The molecule has 0 spiro atoms. The van der Waals surface area contributed by atoms with E-state index in [0.29, 0.717) is 25.1 Å². The van der Waals surface area contributed by atoms with Gasteiger partial charge in [0.15, 0.2) is 0 Å². The van der Waals surface area contributed by atoms with Crippen LogP contribution < -0.4 is 5.32 Å². The van der Waals surface area contributed by atoms with Gasteiger partial charge in [-0.3, -0.25) is 9.59 Å². The van der Waals surface area contributed by atoms with Gasteiger partial charge in [-0.05, 0) is 37.5 Å². The monoisotopic (exact) mass is 488 g/mol. The summed E-state index contributed by atoms with van der Waals surface area (Å²) in [4.78, 5) is 28.7. The second kappa shape index (κ2) is 13.7. The van der Waals surface area contributed by atoms with Crippen molar-refractivity contribution < 1.29 is 9.59 Å². The van der Waals surface area contributed by atoms with Crippen molar-refractivity contribution in [1.82, 2.24) is 10.2 Å². The number of amides is 2. The number of hydrogen-bond acceptors (Lipinski definition) is 3. The molecular weight excluding hydrogens is 452 g/mol. The van der Waals surface area contributed by atoms with Crippen LogP contribution in [0.25, 0.3) is 0 Å². The average Bonchev–Trinajstić information content (AvgIpc) is 2.86. The summed E-state index contributed by atoms with van der Waals surface area (Å²) in [5.41, 5.74) is 4.48. The van der Waals surface area contributed by atoms with E-state index >= 15 is 0 Å². The SMILES string of the molecule is Cc1ccc(CN(C(=O)CCSCc2ccccc2)C(Cc2ccccc2)C(=O)NC(C)C)cc1. The van der Waals surface area contributed by atoms with Crippen molar-refractivity contribution in [3.8, 4) is 0 Å². The Balaban J connectivity index is 1.78. The first-order valence-electron chi connectivity index (χ1n) is 12.2. The molecule has 3 rings (SSSR count). The highest BCUT2D eigenvalue weighted by atomic mass is 32.2. The normalized spacial score (nSPS) is 11.8. The first-order valence-corrected chi connectivity index (χ1v) is 13.4. The van der Waals surface area contributed by atoms with Gasteiger partial charge in [0.2, 0.25) is 11.8 Å². The molecule has 5 heteroatoms. The van der Waals surface area contributed by atoms with Gasteiger partial charge in [-0.25, -0.2) is 0 Å². The third kappa shape index (κ3) is 8.91. The van der Waals surface area contributed by atoms with Crippen LogP contribution in [0.5, 0.6) is 0 Å². The number of benzene rings is 3. The van der Waals surface area contributed by atoms with E-state index in [1.165, 1.54) is 11.1 Å². The molecule has 0 saturated heterocycles. The van der Waals surface area contributed by atoms with Crippen LogP contribution in [0.15, 0.2) is 84.9 Å². The summed E-state index contributed by atoms with van der Waals surface area (Å²) in [7, 11) is 0. The number of hydrogen-bond donors (Lipinski definition) is 1. The Bertz CT molecular complexity index is 1050. The summed E-state index contributed by atoms with van der Waals surface area (Å²) in [6, 6.07) is 27.8. The maximum Gasteiger partial charge on any atom is 0.243 e. The lowest BCUT2D eigenvalue weighted by molar-refractivity contribution is -0.141. The van der Waals surface area contributed by atoms with Crippen molar-refractivity contribution in [2.24, 2.45) is 0 Å². The molecule has 0 bridgehead atoms. The Morgan fingerprint density at radius 3 is 2.03 bits per heavy atom. The Morgan fingerprint density at radius 2 is 1.43 bits per heavy atom. The van der Waals surface area contributed by atoms with Gasteiger partial charge in [-0.15, -0.1) is 0 Å². The topological polar surface area (TPSA) is 49.4 Å². The fraction of sp³-hybridized carbons (Fsp3) is 0.333. The van der Waals surface area contributed by atoms with Gasteiger partial charge in [0, 0.05) is 36.9 Å². The predicted octanol–water partition coefficient (Wildman–Crippen LogP) is 5.78. The molecule has 0 heterocycles. The molecule has 0 aliphatic heterocycles. The summed E-state index contributed by atoms with van der Waals surface area (Å²) < 4.78 is 0. The summed E-state index contributed by atoms with van der Waals surface area (Å²) in [5.74, 6) is 1.47. The lowest BCUT2D eigenvalue weighted by Gasteiger charge is -2.32. The molecule has 0 aliphatic carbocycles. The van der Waals surface area contributed by atoms with Crippen molar-refractivity contribution in [2.45, 2.75) is 58.0 Å². The molecule has 0 saturated carbocycles. The molecule has 3 aromatic carbocycles. The molecule has 1 N–H and O–H groups in total. The van der Waals surface area contributed by atoms with Crippen LogP contribution in [0.3, 0.4) is 0 Å². The lowest BCUT2D eigenvalue weighted by atomic mass is 10.0. The highest BCUT2D eigenvalue weighted by molar-refractivity contribution is 7.98.